The predicted molar refractivity (Wildman–Crippen MR) is 107 cm³/mol. The molecule has 2 rings (SSSR count). The Bertz CT molecular complexity index is 602. The van der Waals surface area contributed by atoms with Crippen molar-refractivity contribution in [1.29, 1.82) is 0 Å². The zero-order valence-electron chi connectivity index (χ0n) is 13.4. The third kappa shape index (κ3) is 7.00. The minimum atomic E-state index is 0. The Hall–Kier alpha value is -1.60. The van der Waals surface area contributed by atoms with Crippen LogP contribution in [0.25, 0.3) is 0 Å². The van der Waals surface area contributed by atoms with Gasteiger partial charge in [0.2, 0.25) is 0 Å². The van der Waals surface area contributed by atoms with E-state index in [-0.39, 0.29) is 24.0 Å². The lowest BCUT2D eigenvalue weighted by molar-refractivity contribution is 0.121. The number of hydrogen-bond acceptors (Lipinski definition) is 2. The average molecular weight is 425 g/mol. The van der Waals surface area contributed by atoms with E-state index < -0.39 is 0 Å². The minimum absolute atomic E-state index is 0. The summed E-state index contributed by atoms with van der Waals surface area (Å²) >= 11 is 0. The van der Waals surface area contributed by atoms with Crippen molar-refractivity contribution >= 4 is 35.6 Å². The summed E-state index contributed by atoms with van der Waals surface area (Å²) in [6, 6.07) is 17.9. The van der Waals surface area contributed by atoms with E-state index >= 15 is 0 Å². The Kier molecular flexibility index (Phi) is 9.31. The molecule has 0 aliphatic heterocycles. The molecule has 0 aromatic heterocycles. The Morgan fingerprint density at radius 1 is 1.04 bits per heavy atom. The first-order chi connectivity index (χ1) is 10.8. The molecule has 3 N–H and O–H groups in total. The van der Waals surface area contributed by atoms with E-state index in [1.165, 1.54) is 0 Å². The molecule has 2 aromatic rings. The molecule has 0 fully saturated rings. The maximum atomic E-state index is 5.93. The van der Waals surface area contributed by atoms with Gasteiger partial charge in [-0.3, -0.25) is 0 Å². The van der Waals surface area contributed by atoms with E-state index in [1.807, 2.05) is 42.5 Å². The largest absolute Gasteiger partial charge is 0.377 e. The van der Waals surface area contributed by atoms with E-state index in [1.54, 1.807) is 0 Å². The number of guanidine groups is 1. The van der Waals surface area contributed by atoms with E-state index in [9.17, 15) is 0 Å². The van der Waals surface area contributed by atoms with E-state index in [0.29, 0.717) is 19.1 Å². The second kappa shape index (κ2) is 11.0. The fraction of sp³-hybridized carbons (Fsp3) is 0.278. The summed E-state index contributed by atoms with van der Waals surface area (Å²) in [4.78, 5) is 4.41. The van der Waals surface area contributed by atoms with Crippen molar-refractivity contribution < 1.29 is 4.74 Å². The van der Waals surface area contributed by atoms with Crippen LogP contribution in [0.15, 0.2) is 59.6 Å². The van der Waals surface area contributed by atoms with Crippen molar-refractivity contribution in [3.05, 3.63) is 65.7 Å². The molecule has 4 nitrogen and oxygen atoms in total. The fourth-order valence-electron chi connectivity index (χ4n) is 2.06. The van der Waals surface area contributed by atoms with Gasteiger partial charge in [-0.25, -0.2) is 4.99 Å². The monoisotopic (exact) mass is 425 g/mol. The maximum absolute atomic E-state index is 5.93. The molecule has 0 unspecified atom stereocenters. The van der Waals surface area contributed by atoms with Gasteiger partial charge in [0.15, 0.2) is 5.96 Å². The molecule has 124 valence electrons. The summed E-state index contributed by atoms with van der Waals surface area (Å²) in [5.41, 5.74) is 9.16. The number of nitrogens with one attached hydrogen (secondary N) is 1. The van der Waals surface area contributed by atoms with Crippen molar-refractivity contribution in [2.45, 2.75) is 26.5 Å². The highest BCUT2D eigenvalue weighted by atomic mass is 127. The number of hydrogen-bond donors (Lipinski definition) is 2. The molecular weight excluding hydrogens is 401 g/mol. The Labute approximate surface area is 155 Å². The quantitative estimate of drug-likeness (QED) is 0.303. The second-order valence-corrected chi connectivity index (χ2v) is 5.01. The van der Waals surface area contributed by atoms with E-state index in [2.05, 4.69) is 29.4 Å². The molecule has 2 aromatic carbocycles. The van der Waals surface area contributed by atoms with Crippen molar-refractivity contribution in [3.63, 3.8) is 0 Å². The van der Waals surface area contributed by atoms with Gasteiger partial charge in [-0.15, -0.1) is 24.0 Å². The first-order valence-corrected chi connectivity index (χ1v) is 7.56. The van der Waals surface area contributed by atoms with Crippen LogP contribution in [0.4, 0.5) is 5.69 Å². The highest BCUT2D eigenvalue weighted by Gasteiger charge is 2.02. The number of rotatable bonds is 7. The molecule has 0 bridgehead atoms. The Morgan fingerprint density at radius 3 is 2.39 bits per heavy atom. The first kappa shape index (κ1) is 19.4. The Balaban J connectivity index is 0.00000264. The summed E-state index contributed by atoms with van der Waals surface area (Å²) in [5.74, 6) is 0.412. The third-order valence-corrected chi connectivity index (χ3v) is 3.19. The molecule has 0 spiro atoms. The molecule has 0 amide bonds. The highest BCUT2D eigenvalue weighted by Crippen LogP contribution is 2.12. The summed E-state index contributed by atoms with van der Waals surface area (Å²) < 4.78 is 5.62. The number of nitrogens with two attached hydrogens (primary N) is 1. The number of benzene rings is 2. The van der Waals surface area contributed by atoms with Gasteiger partial charge >= 0.3 is 0 Å². The van der Waals surface area contributed by atoms with Crippen LogP contribution < -0.4 is 11.1 Å². The summed E-state index contributed by atoms with van der Waals surface area (Å²) in [6.45, 7) is 4.03. The fourth-order valence-corrected chi connectivity index (χ4v) is 2.06. The van der Waals surface area contributed by atoms with E-state index in [4.69, 9.17) is 10.5 Å². The first-order valence-electron chi connectivity index (χ1n) is 7.56. The summed E-state index contributed by atoms with van der Waals surface area (Å²) in [5, 5.41) is 3.08. The molecule has 23 heavy (non-hydrogen) atoms. The van der Waals surface area contributed by atoms with Crippen molar-refractivity contribution in [3.8, 4) is 0 Å². The van der Waals surface area contributed by atoms with Crippen LogP contribution in [0.2, 0.25) is 0 Å². The predicted octanol–water partition coefficient (Wildman–Crippen LogP) is 4.16. The normalized spacial score (nSPS) is 10.9. The average Bonchev–Trinajstić information content (AvgIpc) is 2.55. The minimum Gasteiger partial charge on any atom is -0.377 e. The van der Waals surface area contributed by atoms with Gasteiger partial charge in [0, 0.05) is 12.3 Å². The van der Waals surface area contributed by atoms with Gasteiger partial charge in [-0.2, -0.15) is 0 Å². The van der Waals surface area contributed by atoms with Crippen molar-refractivity contribution in [2.75, 3.05) is 11.9 Å². The zero-order chi connectivity index (χ0) is 15.6. The van der Waals surface area contributed by atoms with Crippen LogP contribution in [0.1, 0.15) is 24.5 Å². The Morgan fingerprint density at radius 2 is 1.70 bits per heavy atom. The van der Waals surface area contributed by atoms with Crippen LogP contribution in [0, 0.1) is 0 Å². The summed E-state index contributed by atoms with van der Waals surface area (Å²) in [7, 11) is 0. The molecule has 0 saturated heterocycles. The molecule has 0 aliphatic carbocycles. The smallest absolute Gasteiger partial charge is 0.193 e. The van der Waals surface area contributed by atoms with Crippen molar-refractivity contribution in [1.82, 2.24) is 0 Å². The lowest BCUT2D eigenvalue weighted by atomic mass is 10.1. The van der Waals surface area contributed by atoms with Gasteiger partial charge in [-0.05, 0) is 29.7 Å². The van der Waals surface area contributed by atoms with Crippen LogP contribution in [0.3, 0.4) is 0 Å². The lowest BCUT2D eigenvalue weighted by Gasteiger charge is -2.09. The topological polar surface area (TPSA) is 59.6 Å². The van der Waals surface area contributed by atoms with Crippen LogP contribution >= 0.6 is 24.0 Å². The highest BCUT2D eigenvalue weighted by molar-refractivity contribution is 14.0. The number of aliphatic imine (C=N–C) groups is 1. The molecule has 0 heterocycles. The maximum Gasteiger partial charge on any atom is 0.193 e. The second-order valence-electron chi connectivity index (χ2n) is 5.01. The zero-order valence-corrected chi connectivity index (χ0v) is 15.7. The number of nitrogens with zero attached hydrogens (tertiary/aromatic N) is 1. The standard InChI is InChI=1S/C18H23N3O.HI/c1-2-12-22-14-16-9-7-6-8-15(16)13-20-18(19)21-17-10-4-3-5-11-17;/h3-11H,2,12-14H2,1H3,(H3,19,20,21);1H. The molecule has 0 aliphatic rings. The molecular formula is C18H24IN3O. The third-order valence-electron chi connectivity index (χ3n) is 3.19. The summed E-state index contributed by atoms with van der Waals surface area (Å²) in [6.07, 6.45) is 1.02. The van der Waals surface area contributed by atoms with Gasteiger partial charge in [-0.1, -0.05) is 49.4 Å². The number of ether oxygens (including phenoxy) is 1. The number of para-hydroxylation sites is 1. The lowest BCUT2D eigenvalue weighted by Crippen LogP contribution is -2.22. The van der Waals surface area contributed by atoms with Crippen LogP contribution in [-0.4, -0.2) is 12.6 Å². The molecule has 0 saturated carbocycles. The van der Waals surface area contributed by atoms with Crippen LogP contribution in [-0.2, 0) is 17.9 Å². The SMILES string of the molecule is CCCOCc1ccccc1CN=C(N)Nc1ccccc1.I. The van der Waals surface area contributed by atoms with Gasteiger partial charge in [0.25, 0.3) is 0 Å². The molecule has 5 heteroatoms. The van der Waals surface area contributed by atoms with Gasteiger partial charge < -0.3 is 15.8 Å². The molecule has 0 radical (unpaired) electrons. The van der Waals surface area contributed by atoms with Gasteiger partial charge in [0.1, 0.15) is 0 Å². The van der Waals surface area contributed by atoms with Crippen molar-refractivity contribution in [2.24, 2.45) is 10.7 Å². The molecule has 0 atom stereocenters. The van der Waals surface area contributed by atoms with Crippen LogP contribution in [0.5, 0.6) is 0 Å². The number of halogens is 1. The number of anilines is 1. The van der Waals surface area contributed by atoms with E-state index in [0.717, 1.165) is 29.8 Å². The van der Waals surface area contributed by atoms with Gasteiger partial charge in [0.05, 0.1) is 13.2 Å².